The summed E-state index contributed by atoms with van der Waals surface area (Å²) in [5.41, 5.74) is 22.7. The number of carbonyl (C=O) groups is 2. The molecule has 41 heavy (non-hydrogen) atoms. The van der Waals surface area contributed by atoms with Crippen LogP contribution in [-0.4, -0.2) is 27.0 Å². The smallest absolute Gasteiger partial charge is 0.345 e. The number of halogens is 2. The fourth-order valence-electron chi connectivity index (χ4n) is 3.74. The molecule has 0 saturated heterocycles. The maximum atomic E-state index is 12.1. The highest BCUT2D eigenvalue weighted by Gasteiger charge is 2.13. The summed E-state index contributed by atoms with van der Waals surface area (Å²) in [5.74, 6) is 0.0218. The molecule has 1 amide bonds. The Morgan fingerprint density at radius 1 is 0.805 bits per heavy atom. The molecular weight excluding hydrogens is 603 g/mol. The first-order valence-electron chi connectivity index (χ1n) is 12.3. The van der Waals surface area contributed by atoms with Crippen LogP contribution in [0.2, 0.25) is 10.0 Å². The zero-order chi connectivity index (χ0) is 31.0. The van der Waals surface area contributed by atoms with Crippen LogP contribution in [0, 0.1) is 41.5 Å². The first kappa shape index (κ1) is 34.0. The number of amides is 1. The van der Waals surface area contributed by atoms with Crippen LogP contribution in [0.4, 0.5) is 11.6 Å². The van der Waals surface area contributed by atoms with E-state index in [2.05, 4.69) is 15.3 Å². The number of carbonyl (C=O) groups excluding carboxylic acids is 1. The van der Waals surface area contributed by atoms with Crippen molar-refractivity contribution in [3.8, 4) is 0 Å². The molecule has 4 rings (SSSR count). The Bertz CT molecular complexity index is 1470. The van der Waals surface area contributed by atoms with Gasteiger partial charge in [-0.05, 0) is 88.1 Å². The third-order valence-corrected chi connectivity index (χ3v) is 9.02. The van der Waals surface area contributed by atoms with E-state index in [0.717, 1.165) is 43.4 Å². The zero-order valence-electron chi connectivity index (χ0n) is 23.7. The van der Waals surface area contributed by atoms with E-state index in [1.807, 2.05) is 40.7 Å². The molecule has 0 unspecified atom stereocenters. The number of rotatable bonds is 5. The van der Waals surface area contributed by atoms with E-state index in [4.69, 9.17) is 45.5 Å². The van der Waals surface area contributed by atoms with Crippen LogP contribution in [0.25, 0.3) is 0 Å². The van der Waals surface area contributed by atoms with Crippen molar-refractivity contribution in [3.63, 3.8) is 0 Å². The second kappa shape index (κ2) is 15.1. The Hall–Kier alpha value is -3.22. The highest BCUT2D eigenvalue weighted by atomic mass is 35.5. The molecule has 0 bridgehead atoms. The topological polar surface area (TPSA) is 170 Å². The number of nitrogen functional groups attached to an aromatic ring is 2. The summed E-state index contributed by atoms with van der Waals surface area (Å²) in [6.45, 7) is 12.4. The summed E-state index contributed by atoms with van der Waals surface area (Å²) in [5, 5.41) is 12.5. The van der Waals surface area contributed by atoms with Gasteiger partial charge in [0.25, 0.3) is 5.91 Å². The molecular formula is C28H34Cl2N6O3S2. The molecule has 9 nitrogen and oxygen atoms in total. The predicted molar refractivity (Wildman–Crippen MR) is 170 cm³/mol. The number of carboxylic acid groups (broad SMARTS) is 1. The number of carboxylic acids is 1. The molecule has 0 aliphatic heterocycles. The van der Waals surface area contributed by atoms with Crippen LogP contribution in [0.3, 0.4) is 0 Å². The van der Waals surface area contributed by atoms with Gasteiger partial charge in [-0.3, -0.25) is 4.79 Å². The fraction of sp³-hybridized carbons (Fsp3) is 0.286. The van der Waals surface area contributed by atoms with Crippen molar-refractivity contribution >= 4 is 69.4 Å². The normalized spacial score (nSPS) is 10.3. The monoisotopic (exact) mass is 636 g/mol. The number of nitrogens with two attached hydrogens (primary N) is 3. The van der Waals surface area contributed by atoms with E-state index in [1.165, 1.54) is 28.7 Å². The molecule has 0 aromatic carbocycles. The lowest BCUT2D eigenvalue weighted by Gasteiger charge is -2.10. The predicted octanol–water partition coefficient (Wildman–Crippen LogP) is 6.38. The number of hydrogen-bond donors (Lipinski definition) is 5. The Morgan fingerprint density at radius 2 is 1.24 bits per heavy atom. The van der Waals surface area contributed by atoms with Gasteiger partial charge in [-0.2, -0.15) is 0 Å². The van der Waals surface area contributed by atoms with Gasteiger partial charge in [0.1, 0.15) is 16.5 Å². The van der Waals surface area contributed by atoms with Crippen LogP contribution in [-0.2, 0) is 13.1 Å². The number of aromatic carboxylic acids is 1. The van der Waals surface area contributed by atoms with Gasteiger partial charge in [-0.15, -0.1) is 22.7 Å². The van der Waals surface area contributed by atoms with Crippen molar-refractivity contribution in [2.45, 2.75) is 54.6 Å². The van der Waals surface area contributed by atoms with Crippen LogP contribution < -0.4 is 22.5 Å². The number of aromatic nitrogens is 2. The molecule has 4 aromatic rings. The van der Waals surface area contributed by atoms with Crippen LogP contribution >= 0.6 is 45.9 Å². The molecule has 4 heterocycles. The molecule has 0 fully saturated rings. The molecule has 0 aliphatic rings. The molecule has 0 radical (unpaired) electrons. The quantitative estimate of drug-likeness (QED) is 0.168. The van der Waals surface area contributed by atoms with Crippen molar-refractivity contribution in [1.29, 1.82) is 0 Å². The lowest BCUT2D eigenvalue weighted by molar-refractivity contribution is 0.0702. The van der Waals surface area contributed by atoms with Crippen LogP contribution in [0.15, 0.2) is 24.3 Å². The first-order valence-corrected chi connectivity index (χ1v) is 14.7. The maximum absolute atomic E-state index is 12.1. The van der Waals surface area contributed by atoms with Crippen molar-refractivity contribution in [2.24, 2.45) is 5.73 Å². The Morgan fingerprint density at radius 3 is 1.59 bits per heavy atom. The number of anilines is 2. The summed E-state index contributed by atoms with van der Waals surface area (Å²) in [7, 11) is 0. The Labute approximate surface area is 257 Å². The van der Waals surface area contributed by atoms with Gasteiger partial charge in [-0.25, -0.2) is 14.8 Å². The minimum Gasteiger partial charge on any atom is -0.477 e. The largest absolute Gasteiger partial charge is 0.477 e. The number of hydrogen-bond acceptors (Lipinski definition) is 9. The number of aryl methyl sites for hydroxylation is 6. The molecule has 13 heteroatoms. The molecule has 4 aromatic heterocycles. The fourth-order valence-corrected chi connectivity index (χ4v) is 5.90. The number of nitrogens with one attached hydrogen (secondary N) is 1. The van der Waals surface area contributed by atoms with Gasteiger partial charge in [0.15, 0.2) is 0 Å². The van der Waals surface area contributed by atoms with Gasteiger partial charge < -0.3 is 27.6 Å². The number of nitrogens with zero attached hydrogens (tertiary/aromatic N) is 2. The second-order valence-corrected chi connectivity index (χ2v) is 12.4. The van der Waals surface area contributed by atoms with Crippen molar-refractivity contribution < 1.29 is 14.7 Å². The zero-order valence-corrected chi connectivity index (χ0v) is 26.8. The van der Waals surface area contributed by atoms with Gasteiger partial charge in [-0.1, -0.05) is 23.2 Å². The highest BCUT2D eigenvalue weighted by molar-refractivity contribution is 7.14. The van der Waals surface area contributed by atoms with Crippen molar-refractivity contribution in [3.05, 3.63) is 87.5 Å². The molecule has 220 valence electrons. The highest BCUT2D eigenvalue weighted by Crippen LogP contribution is 2.26. The van der Waals surface area contributed by atoms with E-state index in [9.17, 15) is 9.59 Å². The summed E-state index contributed by atoms with van der Waals surface area (Å²) < 4.78 is 0. The third-order valence-electron chi connectivity index (χ3n) is 5.93. The lowest BCUT2D eigenvalue weighted by atomic mass is 10.1. The van der Waals surface area contributed by atoms with E-state index in [0.29, 0.717) is 44.5 Å². The van der Waals surface area contributed by atoms with E-state index in [-0.39, 0.29) is 5.91 Å². The average Bonchev–Trinajstić information content (AvgIpc) is 3.39. The summed E-state index contributed by atoms with van der Waals surface area (Å²) in [6, 6.07) is 6.80. The van der Waals surface area contributed by atoms with Crippen LogP contribution in [0.1, 0.15) is 62.7 Å². The minimum atomic E-state index is -0.917. The first-order chi connectivity index (χ1) is 19.1. The van der Waals surface area contributed by atoms with E-state index >= 15 is 0 Å². The maximum Gasteiger partial charge on any atom is 0.345 e. The number of pyridine rings is 2. The van der Waals surface area contributed by atoms with Gasteiger partial charge in [0, 0.05) is 34.2 Å². The Balaban J connectivity index is 0.000000236. The standard InChI is InChI=1S/C14H16ClN3OS.C8H13N3.C6H5ClO2S/c1-7-4-13(16)18-8(2)10(7)6-17-14(19)12-5-11(15)9(3)20-12;1-5-3-8(10)11-6(2)7(5)4-9;1-3-4(7)2-5(10-3)6(8)9/h4-5H,6H2,1-3H3,(H2,16,18)(H,17,19);3H,4,9H2,1-2H3,(H2,10,11);2H,1H3,(H,8,9). The molecule has 0 atom stereocenters. The Kier molecular flexibility index (Phi) is 12.5. The SMILES string of the molecule is Cc1cc(N)nc(C)c1CN.Cc1cc(N)nc(C)c1CNC(=O)c1cc(Cl)c(C)s1.Cc1sc(C(=O)O)cc1Cl. The van der Waals surface area contributed by atoms with Gasteiger partial charge in [0.05, 0.1) is 14.9 Å². The summed E-state index contributed by atoms with van der Waals surface area (Å²) in [6.07, 6.45) is 0. The van der Waals surface area contributed by atoms with Crippen molar-refractivity contribution in [1.82, 2.24) is 15.3 Å². The van der Waals surface area contributed by atoms with Gasteiger partial charge in [0.2, 0.25) is 0 Å². The van der Waals surface area contributed by atoms with E-state index in [1.54, 1.807) is 19.1 Å². The molecule has 0 aliphatic carbocycles. The molecule has 8 N–H and O–H groups in total. The average molecular weight is 638 g/mol. The second-order valence-electron chi connectivity index (χ2n) is 9.08. The number of thiophene rings is 2. The van der Waals surface area contributed by atoms with Gasteiger partial charge >= 0.3 is 5.97 Å². The van der Waals surface area contributed by atoms with E-state index < -0.39 is 5.97 Å². The summed E-state index contributed by atoms with van der Waals surface area (Å²) >= 11 is 14.2. The minimum absolute atomic E-state index is 0.124. The van der Waals surface area contributed by atoms with Crippen molar-refractivity contribution in [2.75, 3.05) is 11.5 Å². The van der Waals surface area contributed by atoms with Crippen LogP contribution in [0.5, 0.6) is 0 Å². The summed E-state index contributed by atoms with van der Waals surface area (Å²) in [4.78, 5) is 33.4. The molecule has 0 spiro atoms. The third kappa shape index (κ3) is 9.68. The lowest BCUT2D eigenvalue weighted by Crippen LogP contribution is -2.23. The molecule has 0 saturated carbocycles.